The van der Waals surface area contributed by atoms with Crippen molar-refractivity contribution in [1.29, 1.82) is 0 Å². The van der Waals surface area contributed by atoms with Crippen LogP contribution in [-0.2, 0) is 16.8 Å². The Morgan fingerprint density at radius 1 is 1.24 bits per heavy atom. The second-order valence-corrected chi connectivity index (χ2v) is 7.90. The van der Waals surface area contributed by atoms with Crippen LogP contribution in [0.4, 0.5) is 5.82 Å². The van der Waals surface area contributed by atoms with Crippen LogP contribution in [0.25, 0.3) is 5.65 Å². The van der Waals surface area contributed by atoms with Gasteiger partial charge in [-0.25, -0.2) is 4.98 Å². The number of fused-ring (bicyclic) bond motifs is 3. The normalized spacial score (nSPS) is 23.6. The van der Waals surface area contributed by atoms with E-state index in [1.54, 1.807) is 13.8 Å². The van der Waals surface area contributed by atoms with Gasteiger partial charge < -0.3 is 14.7 Å². The summed E-state index contributed by atoms with van der Waals surface area (Å²) in [6.07, 6.45) is 5.54. The topological polar surface area (TPSA) is 62.9 Å². The summed E-state index contributed by atoms with van der Waals surface area (Å²) in [4.78, 5) is 7.14. The van der Waals surface area contributed by atoms with Gasteiger partial charge in [-0.2, -0.15) is 9.61 Å². The van der Waals surface area contributed by atoms with E-state index in [2.05, 4.69) is 17.9 Å². The highest BCUT2D eigenvalue weighted by molar-refractivity contribution is 5.55. The molecule has 0 amide bonds. The lowest BCUT2D eigenvalue weighted by Crippen LogP contribution is -2.47. The number of rotatable bonds is 5. The minimum absolute atomic E-state index is 0.391. The van der Waals surface area contributed by atoms with Crippen LogP contribution in [0.3, 0.4) is 0 Å². The lowest BCUT2D eigenvalue weighted by atomic mass is 10.0. The quantitative estimate of drug-likeness (QED) is 0.903. The zero-order valence-corrected chi connectivity index (χ0v) is 15.4. The molecule has 6 heteroatoms. The summed E-state index contributed by atoms with van der Waals surface area (Å²) in [7, 11) is 0. The Bertz CT molecular complexity index is 749. The molecule has 2 saturated heterocycles. The zero-order valence-electron chi connectivity index (χ0n) is 15.4. The van der Waals surface area contributed by atoms with Gasteiger partial charge >= 0.3 is 0 Å². The maximum atomic E-state index is 10.5. The van der Waals surface area contributed by atoms with E-state index >= 15 is 0 Å². The van der Waals surface area contributed by atoms with Gasteiger partial charge in [-0.1, -0.05) is 13.3 Å². The molecule has 0 spiro atoms. The van der Waals surface area contributed by atoms with E-state index in [4.69, 9.17) is 14.8 Å². The molecule has 0 aliphatic carbocycles. The summed E-state index contributed by atoms with van der Waals surface area (Å²) in [6.45, 7) is 7.30. The highest BCUT2D eigenvalue weighted by Crippen LogP contribution is 2.35. The highest BCUT2D eigenvalue weighted by atomic mass is 16.5. The molecule has 2 unspecified atom stereocenters. The van der Waals surface area contributed by atoms with Gasteiger partial charge in [0.2, 0.25) is 0 Å². The second-order valence-electron chi connectivity index (χ2n) is 7.90. The standard InChI is InChI=1S/C19H28N4O2/c1-4-5-6-13-9-17-20-16(19(2,3)24)10-18(23(17)21-13)22-14-7-8-15(22)12-25-11-14/h9-10,14-15,24H,4-8,11-12H2,1-3H3. The molecule has 2 aliphatic rings. The van der Waals surface area contributed by atoms with Crippen molar-refractivity contribution < 1.29 is 9.84 Å². The van der Waals surface area contributed by atoms with E-state index in [9.17, 15) is 5.11 Å². The second kappa shape index (κ2) is 6.25. The van der Waals surface area contributed by atoms with E-state index in [1.807, 2.05) is 10.6 Å². The molecule has 136 valence electrons. The first-order valence-electron chi connectivity index (χ1n) is 9.46. The van der Waals surface area contributed by atoms with Crippen molar-refractivity contribution in [2.75, 3.05) is 18.1 Å². The summed E-state index contributed by atoms with van der Waals surface area (Å²) >= 11 is 0. The zero-order chi connectivity index (χ0) is 17.6. The molecular formula is C19H28N4O2. The van der Waals surface area contributed by atoms with Gasteiger partial charge in [-0.05, 0) is 39.5 Å². The van der Waals surface area contributed by atoms with Crippen molar-refractivity contribution in [2.45, 2.75) is 70.6 Å². The molecule has 2 atom stereocenters. The summed E-state index contributed by atoms with van der Waals surface area (Å²) in [5.41, 5.74) is 1.62. The minimum Gasteiger partial charge on any atom is -0.384 e. The lowest BCUT2D eigenvalue weighted by molar-refractivity contribution is 0.0736. The molecular weight excluding hydrogens is 316 g/mol. The average molecular weight is 344 g/mol. The number of anilines is 1. The fraction of sp³-hybridized carbons (Fsp3) is 0.684. The highest BCUT2D eigenvalue weighted by Gasteiger charge is 2.39. The molecule has 2 aliphatic heterocycles. The number of aliphatic hydroxyl groups is 1. The van der Waals surface area contributed by atoms with Gasteiger partial charge in [0, 0.05) is 12.1 Å². The molecule has 25 heavy (non-hydrogen) atoms. The van der Waals surface area contributed by atoms with Gasteiger partial charge in [0.25, 0.3) is 0 Å². The van der Waals surface area contributed by atoms with Crippen molar-refractivity contribution >= 4 is 11.5 Å². The fourth-order valence-electron chi connectivity index (χ4n) is 3.99. The first-order chi connectivity index (χ1) is 12.0. The Morgan fingerprint density at radius 2 is 1.96 bits per heavy atom. The van der Waals surface area contributed by atoms with Gasteiger partial charge in [-0.15, -0.1) is 0 Å². The predicted molar refractivity (Wildman–Crippen MR) is 97.0 cm³/mol. The van der Waals surface area contributed by atoms with Gasteiger partial charge in [0.15, 0.2) is 5.65 Å². The van der Waals surface area contributed by atoms with Crippen LogP contribution in [-0.4, -0.2) is 45.0 Å². The van der Waals surface area contributed by atoms with Crippen molar-refractivity contribution in [3.05, 3.63) is 23.5 Å². The Hall–Kier alpha value is -1.66. The summed E-state index contributed by atoms with van der Waals surface area (Å²) in [5, 5.41) is 15.4. The molecule has 4 rings (SSSR count). The molecule has 2 fully saturated rings. The molecule has 2 aromatic heterocycles. The largest absolute Gasteiger partial charge is 0.384 e. The minimum atomic E-state index is -0.977. The molecule has 4 heterocycles. The average Bonchev–Trinajstić information content (AvgIpc) is 3.08. The number of nitrogens with zero attached hydrogens (tertiary/aromatic N) is 4. The van der Waals surface area contributed by atoms with Crippen LogP contribution >= 0.6 is 0 Å². The first-order valence-corrected chi connectivity index (χ1v) is 9.46. The smallest absolute Gasteiger partial charge is 0.157 e. The molecule has 0 saturated carbocycles. The number of morpholine rings is 1. The van der Waals surface area contributed by atoms with E-state index in [1.165, 1.54) is 0 Å². The third-order valence-corrected chi connectivity index (χ3v) is 5.38. The van der Waals surface area contributed by atoms with E-state index in [0.29, 0.717) is 17.8 Å². The number of hydrogen-bond donors (Lipinski definition) is 1. The molecule has 0 radical (unpaired) electrons. The van der Waals surface area contributed by atoms with Gasteiger partial charge in [0.05, 0.1) is 36.7 Å². The van der Waals surface area contributed by atoms with Crippen molar-refractivity contribution in [2.24, 2.45) is 0 Å². The molecule has 2 bridgehead atoms. The van der Waals surface area contributed by atoms with E-state index < -0.39 is 5.60 Å². The van der Waals surface area contributed by atoms with Gasteiger partial charge in [0.1, 0.15) is 11.4 Å². The molecule has 2 aromatic rings. The van der Waals surface area contributed by atoms with Crippen LogP contribution in [0.15, 0.2) is 12.1 Å². The monoisotopic (exact) mass is 344 g/mol. The molecule has 6 nitrogen and oxygen atoms in total. The SMILES string of the molecule is CCCCc1cc2nc(C(C)(C)O)cc(N3C4CCC3COC4)n2n1. The maximum absolute atomic E-state index is 10.5. The molecule has 0 aromatic carbocycles. The van der Waals surface area contributed by atoms with Crippen molar-refractivity contribution in [3.8, 4) is 0 Å². The van der Waals surface area contributed by atoms with Crippen LogP contribution in [0.1, 0.15) is 57.8 Å². The lowest BCUT2D eigenvalue weighted by Gasteiger charge is -2.36. The van der Waals surface area contributed by atoms with E-state index in [0.717, 1.165) is 62.5 Å². The Balaban J connectivity index is 1.83. The number of unbranched alkanes of at least 4 members (excludes halogenated alkanes) is 1. The third-order valence-electron chi connectivity index (χ3n) is 5.38. The van der Waals surface area contributed by atoms with Crippen molar-refractivity contribution in [1.82, 2.24) is 14.6 Å². The number of aromatic nitrogens is 3. The predicted octanol–water partition coefficient (Wildman–Crippen LogP) is 2.67. The number of aryl methyl sites for hydroxylation is 1. The Labute approximate surface area is 148 Å². The summed E-state index contributed by atoms with van der Waals surface area (Å²) < 4.78 is 7.71. The molecule has 1 N–H and O–H groups in total. The summed E-state index contributed by atoms with van der Waals surface area (Å²) in [6, 6.07) is 4.86. The Kier molecular flexibility index (Phi) is 4.20. The van der Waals surface area contributed by atoms with Crippen molar-refractivity contribution in [3.63, 3.8) is 0 Å². The number of hydrogen-bond acceptors (Lipinski definition) is 5. The third kappa shape index (κ3) is 3.02. The number of ether oxygens (including phenoxy) is 1. The van der Waals surface area contributed by atoms with Gasteiger partial charge in [-0.3, -0.25) is 0 Å². The Morgan fingerprint density at radius 3 is 2.60 bits per heavy atom. The first kappa shape index (κ1) is 16.8. The summed E-state index contributed by atoms with van der Waals surface area (Å²) in [5.74, 6) is 1.04. The van der Waals surface area contributed by atoms with Crippen LogP contribution in [0.5, 0.6) is 0 Å². The van der Waals surface area contributed by atoms with Crippen LogP contribution in [0.2, 0.25) is 0 Å². The van der Waals surface area contributed by atoms with Crippen LogP contribution < -0.4 is 4.90 Å². The van der Waals surface area contributed by atoms with Crippen LogP contribution in [0, 0.1) is 0 Å². The maximum Gasteiger partial charge on any atom is 0.157 e. The van der Waals surface area contributed by atoms with E-state index in [-0.39, 0.29) is 0 Å². The fourth-order valence-corrected chi connectivity index (χ4v) is 3.99.